The van der Waals surface area contributed by atoms with Crippen LogP contribution in [0.1, 0.15) is 25.7 Å². The minimum Gasteiger partial charge on any atom is -0.478 e. The van der Waals surface area contributed by atoms with E-state index in [0.29, 0.717) is 61.2 Å². The van der Waals surface area contributed by atoms with Crippen molar-refractivity contribution >= 4 is 23.5 Å². The highest BCUT2D eigenvalue weighted by atomic mass is 16.4. The van der Waals surface area contributed by atoms with Gasteiger partial charge in [0.15, 0.2) is 0 Å². The smallest absolute Gasteiger partial charge is 0.328 e. The first-order valence-electron chi connectivity index (χ1n) is 5.55. The Labute approximate surface area is 103 Å². The average Bonchev–Trinajstić information content (AvgIpc) is 2.71. The molecule has 0 saturated heterocycles. The summed E-state index contributed by atoms with van der Waals surface area (Å²) in [6.07, 6.45) is 3.82. The molecule has 2 fully saturated rings. The Morgan fingerprint density at radius 1 is 0.833 bits per heavy atom. The highest BCUT2D eigenvalue weighted by Gasteiger charge is 2.40. The first-order chi connectivity index (χ1) is 8.38. The van der Waals surface area contributed by atoms with Crippen molar-refractivity contribution in [1.82, 2.24) is 0 Å². The summed E-state index contributed by atoms with van der Waals surface area (Å²) in [4.78, 5) is 40.8. The third-order valence-electron chi connectivity index (χ3n) is 2.99. The van der Waals surface area contributed by atoms with E-state index in [2.05, 4.69) is 0 Å². The van der Waals surface area contributed by atoms with Gasteiger partial charge in [-0.1, -0.05) is 0 Å². The second-order valence-electron chi connectivity index (χ2n) is 4.42. The number of carboxylic acids is 2. The molecule has 2 N–H and O–H groups in total. The van der Waals surface area contributed by atoms with Crippen molar-refractivity contribution in [3.63, 3.8) is 0 Å². The molecule has 2 saturated carbocycles. The van der Waals surface area contributed by atoms with Gasteiger partial charge in [-0.05, 0) is 11.8 Å². The van der Waals surface area contributed by atoms with Crippen LogP contribution in [0.2, 0.25) is 0 Å². The molecule has 6 heteroatoms. The van der Waals surface area contributed by atoms with Gasteiger partial charge < -0.3 is 10.2 Å². The number of carbonyl (C=O) groups excluding carboxylic acids is 2. The van der Waals surface area contributed by atoms with Gasteiger partial charge in [-0.25, -0.2) is 9.59 Å². The molecule has 2 aliphatic carbocycles. The number of Topliss-reactive ketones (excluding diaryl/α,β-unsaturated/α-hetero) is 2. The Balaban J connectivity index is 0.000000187. The molecule has 6 nitrogen and oxygen atoms in total. The fourth-order valence-electron chi connectivity index (χ4n) is 2.29. The Morgan fingerprint density at radius 3 is 1.33 bits per heavy atom. The van der Waals surface area contributed by atoms with Crippen LogP contribution in [0.3, 0.4) is 0 Å². The summed E-state index contributed by atoms with van der Waals surface area (Å²) in [6, 6.07) is 0. The van der Waals surface area contributed by atoms with E-state index in [-0.39, 0.29) is 0 Å². The fraction of sp³-hybridized carbons (Fsp3) is 0.500. The Kier molecular flexibility index (Phi) is 4.76. The third-order valence-corrected chi connectivity index (χ3v) is 2.99. The molecule has 0 aromatic rings. The summed E-state index contributed by atoms with van der Waals surface area (Å²) in [6.45, 7) is 0. The molecule has 98 valence electrons. The monoisotopic (exact) mass is 254 g/mol. The minimum absolute atomic E-state index is 0.363. The van der Waals surface area contributed by atoms with Crippen LogP contribution in [0.5, 0.6) is 0 Å². The van der Waals surface area contributed by atoms with E-state index in [9.17, 15) is 19.2 Å². The quantitative estimate of drug-likeness (QED) is 0.700. The minimum atomic E-state index is -1.26. The first-order valence-corrected chi connectivity index (χ1v) is 5.55. The van der Waals surface area contributed by atoms with Crippen molar-refractivity contribution in [2.75, 3.05) is 0 Å². The van der Waals surface area contributed by atoms with E-state index >= 15 is 0 Å². The van der Waals surface area contributed by atoms with E-state index in [4.69, 9.17) is 10.2 Å². The molecule has 0 spiro atoms. The molecule has 0 bridgehead atoms. The highest BCUT2D eigenvalue weighted by molar-refractivity contribution is 5.89. The van der Waals surface area contributed by atoms with E-state index in [1.807, 2.05) is 0 Å². The molecule has 18 heavy (non-hydrogen) atoms. The molecular formula is C12H14O6. The molecule has 0 amide bonds. The van der Waals surface area contributed by atoms with Crippen LogP contribution in [0, 0.1) is 11.8 Å². The van der Waals surface area contributed by atoms with E-state index in [0.717, 1.165) is 0 Å². The van der Waals surface area contributed by atoms with Gasteiger partial charge >= 0.3 is 11.9 Å². The molecule has 0 heterocycles. The molecule has 2 aliphatic rings. The van der Waals surface area contributed by atoms with Crippen LogP contribution in [0.4, 0.5) is 0 Å². The molecule has 0 atom stereocenters. The lowest BCUT2D eigenvalue weighted by atomic mass is 10.0. The number of carboxylic acid groups (broad SMARTS) is 2. The lowest BCUT2D eigenvalue weighted by molar-refractivity contribution is -0.134. The van der Waals surface area contributed by atoms with Gasteiger partial charge in [-0.3, -0.25) is 9.59 Å². The molecule has 2 rings (SSSR count). The second kappa shape index (κ2) is 6.09. The average molecular weight is 254 g/mol. The third kappa shape index (κ3) is 4.48. The lowest BCUT2D eigenvalue weighted by Gasteiger charge is -2.01. The number of carbonyl (C=O) groups is 4. The SMILES string of the molecule is O=C(O)/C=C\C(=O)O.O=C1CC2CC(=O)CC2C1. The van der Waals surface area contributed by atoms with Gasteiger partial charge in [0.05, 0.1) is 0 Å². The molecule has 0 aliphatic heterocycles. The largest absolute Gasteiger partial charge is 0.478 e. The number of aliphatic carboxylic acids is 2. The van der Waals surface area contributed by atoms with Gasteiger partial charge in [0.1, 0.15) is 11.6 Å². The summed E-state index contributed by atoms with van der Waals surface area (Å²) in [5.74, 6) is -0.926. The van der Waals surface area contributed by atoms with Crippen molar-refractivity contribution in [2.45, 2.75) is 25.7 Å². The normalized spacial score (nSPS) is 25.8. The predicted octanol–water partition coefficient (Wildman–Crippen LogP) is 0.656. The second-order valence-corrected chi connectivity index (χ2v) is 4.42. The zero-order valence-corrected chi connectivity index (χ0v) is 9.67. The Morgan fingerprint density at radius 2 is 1.11 bits per heavy atom. The summed E-state index contributed by atoms with van der Waals surface area (Å²) in [5.41, 5.74) is 0. The topological polar surface area (TPSA) is 109 Å². The molecular weight excluding hydrogens is 240 g/mol. The number of fused-ring (bicyclic) bond motifs is 1. The Hall–Kier alpha value is -1.98. The maximum atomic E-state index is 10.9. The molecule has 0 radical (unpaired) electrons. The predicted molar refractivity (Wildman–Crippen MR) is 59.9 cm³/mol. The number of ketones is 2. The van der Waals surface area contributed by atoms with Crippen molar-refractivity contribution in [3.8, 4) is 0 Å². The van der Waals surface area contributed by atoms with E-state index in [1.165, 1.54) is 0 Å². The standard InChI is InChI=1S/C8H10O2.C4H4O4/c9-7-1-5-2-8(10)4-6(5)3-7;5-3(6)1-2-4(7)8/h5-6H,1-4H2;1-2H,(H,5,6)(H,7,8)/b;2-1-. The van der Waals surface area contributed by atoms with Crippen LogP contribution in [-0.4, -0.2) is 33.7 Å². The van der Waals surface area contributed by atoms with E-state index < -0.39 is 11.9 Å². The van der Waals surface area contributed by atoms with Crippen LogP contribution in [0.25, 0.3) is 0 Å². The zero-order valence-electron chi connectivity index (χ0n) is 9.67. The Bertz CT molecular complexity index is 355. The molecule has 0 unspecified atom stereocenters. The molecule has 0 aromatic carbocycles. The van der Waals surface area contributed by atoms with Gasteiger partial charge in [0.25, 0.3) is 0 Å². The number of hydrogen-bond acceptors (Lipinski definition) is 4. The highest BCUT2D eigenvalue weighted by Crippen LogP contribution is 2.40. The first kappa shape index (κ1) is 14.1. The number of hydrogen-bond donors (Lipinski definition) is 2. The maximum Gasteiger partial charge on any atom is 0.328 e. The van der Waals surface area contributed by atoms with E-state index in [1.54, 1.807) is 0 Å². The van der Waals surface area contributed by atoms with Gasteiger partial charge in [-0.15, -0.1) is 0 Å². The summed E-state index contributed by atoms with van der Waals surface area (Å²) < 4.78 is 0. The maximum absolute atomic E-state index is 10.9. The van der Waals surface area contributed by atoms with Crippen LogP contribution < -0.4 is 0 Å². The van der Waals surface area contributed by atoms with Crippen molar-refractivity contribution in [1.29, 1.82) is 0 Å². The lowest BCUT2D eigenvalue weighted by Crippen LogP contribution is -1.96. The zero-order chi connectivity index (χ0) is 13.7. The summed E-state index contributed by atoms with van der Waals surface area (Å²) in [5, 5.41) is 15.6. The van der Waals surface area contributed by atoms with Crippen LogP contribution >= 0.6 is 0 Å². The van der Waals surface area contributed by atoms with Crippen molar-refractivity contribution in [3.05, 3.63) is 12.2 Å². The fourth-order valence-corrected chi connectivity index (χ4v) is 2.29. The number of rotatable bonds is 2. The summed E-state index contributed by atoms with van der Waals surface area (Å²) >= 11 is 0. The van der Waals surface area contributed by atoms with Gasteiger partial charge in [0.2, 0.25) is 0 Å². The van der Waals surface area contributed by atoms with Crippen molar-refractivity contribution < 1.29 is 29.4 Å². The van der Waals surface area contributed by atoms with Crippen molar-refractivity contribution in [2.24, 2.45) is 11.8 Å². The molecule has 0 aromatic heterocycles. The van der Waals surface area contributed by atoms with Crippen LogP contribution in [0.15, 0.2) is 12.2 Å². The van der Waals surface area contributed by atoms with Crippen LogP contribution in [-0.2, 0) is 19.2 Å². The van der Waals surface area contributed by atoms with Gasteiger partial charge in [0, 0.05) is 37.8 Å². The van der Waals surface area contributed by atoms with Gasteiger partial charge in [-0.2, -0.15) is 0 Å². The summed E-state index contributed by atoms with van der Waals surface area (Å²) in [7, 11) is 0.